The van der Waals surface area contributed by atoms with Crippen LogP contribution < -0.4 is 14.8 Å². The van der Waals surface area contributed by atoms with Crippen LogP contribution in [0.4, 0.5) is 9.18 Å². The second-order valence-electron chi connectivity index (χ2n) is 5.98. The summed E-state index contributed by atoms with van der Waals surface area (Å²) in [6.07, 6.45) is 1.57. The molecular formula is C20H18BrFN2O4. The van der Waals surface area contributed by atoms with Gasteiger partial charge in [-0.2, -0.15) is 0 Å². The second kappa shape index (κ2) is 8.43. The number of nitrogens with one attached hydrogen (secondary N) is 1. The number of hydrogen-bond donors (Lipinski definition) is 1. The van der Waals surface area contributed by atoms with Crippen LogP contribution in [0, 0.1) is 5.82 Å². The van der Waals surface area contributed by atoms with E-state index in [9.17, 15) is 14.0 Å². The monoisotopic (exact) mass is 448 g/mol. The maximum atomic E-state index is 13.3. The summed E-state index contributed by atoms with van der Waals surface area (Å²) in [5.41, 5.74) is 1.50. The maximum absolute atomic E-state index is 13.3. The maximum Gasteiger partial charge on any atom is 0.328 e. The molecule has 3 rings (SSSR count). The van der Waals surface area contributed by atoms with Crippen LogP contribution in [-0.2, 0) is 11.4 Å². The number of carbonyl (C=O) groups excluding carboxylic acids is 2. The van der Waals surface area contributed by atoms with Gasteiger partial charge < -0.3 is 14.8 Å². The first-order valence-corrected chi connectivity index (χ1v) is 9.31. The molecule has 1 aliphatic heterocycles. The van der Waals surface area contributed by atoms with Gasteiger partial charge in [-0.25, -0.2) is 9.18 Å². The van der Waals surface area contributed by atoms with Crippen molar-refractivity contribution in [3.8, 4) is 11.5 Å². The highest BCUT2D eigenvalue weighted by molar-refractivity contribution is 9.10. The summed E-state index contributed by atoms with van der Waals surface area (Å²) in [6.45, 7) is 2.18. The molecule has 0 atom stereocenters. The van der Waals surface area contributed by atoms with Gasteiger partial charge in [-0.15, -0.1) is 0 Å². The van der Waals surface area contributed by atoms with E-state index in [1.807, 2.05) is 0 Å². The van der Waals surface area contributed by atoms with E-state index in [1.165, 1.54) is 19.2 Å². The average molecular weight is 449 g/mol. The molecule has 146 valence electrons. The van der Waals surface area contributed by atoms with Crippen molar-refractivity contribution in [2.75, 3.05) is 13.7 Å². The van der Waals surface area contributed by atoms with Crippen LogP contribution in [-0.4, -0.2) is 30.5 Å². The zero-order valence-corrected chi connectivity index (χ0v) is 16.9. The number of likely N-dealkylation sites (N-methyl/N-ethyl adjacent to an activating group) is 1. The summed E-state index contributed by atoms with van der Waals surface area (Å²) in [4.78, 5) is 25.2. The Bertz CT molecular complexity index is 961. The lowest BCUT2D eigenvalue weighted by atomic mass is 10.1. The molecule has 1 aliphatic rings. The van der Waals surface area contributed by atoms with Gasteiger partial charge in [0.2, 0.25) is 0 Å². The standard InChI is InChI=1S/C20H18BrFN2O4/c1-3-24-19(25)16(23-20(24)26)8-13-9-17(27-2)18(10-15(13)21)28-11-12-5-4-6-14(22)7-12/h4-10H,3,11H2,1-2H3,(H,23,26)/b16-8+. The van der Waals surface area contributed by atoms with E-state index in [0.717, 1.165) is 4.90 Å². The molecule has 0 radical (unpaired) electrons. The van der Waals surface area contributed by atoms with Crippen LogP contribution in [0.5, 0.6) is 11.5 Å². The average Bonchev–Trinajstić information content (AvgIpc) is 2.94. The first kappa shape index (κ1) is 19.9. The van der Waals surface area contributed by atoms with E-state index in [-0.39, 0.29) is 24.0 Å². The minimum atomic E-state index is -0.447. The Labute approximate surface area is 170 Å². The van der Waals surface area contributed by atoms with Gasteiger partial charge in [0, 0.05) is 11.0 Å². The van der Waals surface area contributed by atoms with Crippen molar-refractivity contribution in [3.63, 3.8) is 0 Å². The molecule has 0 aromatic heterocycles. The molecule has 1 fully saturated rings. The van der Waals surface area contributed by atoms with Gasteiger partial charge in [-0.3, -0.25) is 9.69 Å². The summed E-state index contributed by atoms with van der Waals surface area (Å²) in [5, 5.41) is 2.55. The highest BCUT2D eigenvalue weighted by Gasteiger charge is 2.32. The van der Waals surface area contributed by atoms with E-state index in [1.54, 1.807) is 37.3 Å². The topological polar surface area (TPSA) is 67.9 Å². The lowest BCUT2D eigenvalue weighted by Gasteiger charge is -2.13. The number of urea groups is 1. The Morgan fingerprint density at radius 3 is 2.64 bits per heavy atom. The molecule has 1 N–H and O–H groups in total. The van der Waals surface area contributed by atoms with Gasteiger partial charge in [0.1, 0.15) is 18.1 Å². The highest BCUT2D eigenvalue weighted by Crippen LogP contribution is 2.35. The molecule has 0 bridgehead atoms. The lowest BCUT2D eigenvalue weighted by Crippen LogP contribution is -2.30. The number of hydrogen-bond acceptors (Lipinski definition) is 4. The SMILES string of the molecule is CCN1C(=O)N/C(=C/c2cc(OC)c(OCc3cccc(F)c3)cc2Br)C1=O. The molecule has 0 aliphatic carbocycles. The normalized spacial score (nSPS) is 15.1. The van der Waals surface area contributed by atoms with Crippen molar-refractivity contribution in [2.45, 2.75) is 13.5 Å². The number of methoxy groups -OCH3 is 1. The van der Waals surface area contributed by atoms with Gasteiger partial charge in [0.05, 0.1) is 7.11 Å². The highest BCUT2D eigenvalue weighted by atomic mass is 79.9. The second-order valence-corrected chi connectivity index (χ2v) is 6.84. The lowest BCUT2D eigenvalue weighted by molar-refractivity contribution is -0.122. The minimum absolute atomic E-state index is 0.168. The predicted molar refractivity (Wildman–Crippen MR) is 105 cm³/mol. The number of carbonyl (C=O) groups is 2. The van der Waals surface area contributed by atoms with Gasteiger partial charge in [-0.1, -0.05) is 28.1 Å². The van der Waals surface area contributed by atoms with Crippen molar-refractivity contribution in [2.24, 2.45) is 0 Å². The Morgan fingerprint density at radius 1 is 1.21 bits per heavy atom. The van der Waals surface area contributed by atoms with Crippen molar-refractivity contribution in [1.29, 1.82) is 0 Å². The van der Waals surface area contributed by atoms with Crippen LogP contribution in [0.15, 0.2) is 46.6 Å². The van der Waals surface area contributed by atoms with Gasteiger partial charge in [0.15, 0.2) is 11.5 Å². The number of ether oxygens (including phenoxy) is 2. The van der Waals surface area contributed by atoms with Crippen LogP contribution >= 0.6 is 15.9 Å². The quantitative estimate of drug-likeness (QED) is 0.533. The van der Waals surface area contributed by atoms with Crippen molar-refractivity contribution in [1.82, 2.24) is 10.2 Å². The molecule has 6 nitrogen and oxygen atoms in total. The van der Waals surface area contributed by atoms with E-state index in [4.69, 9.17) is 9.47 Å². The number of benzene rings is 2. The Hall–Kier alpha value is -2.87. The van der Waals surface area contributed by atoms with Crippen LogP contribution in [0.1, 0.15) is 18.1 Å². The Balaban J connectivity index is 1.85. The van der Waals surface area contributed by atoms with Crippen molar-refractivity contribution < 1.29 is 23.5 Å². The molecule has 3 amide bonds. The number of rotatable bonds is 6. The largest absolute Gasteiger partial charge is 0.493 e. The zero-order valence-electron chi connectivity index (χ0n) is 15.3. The van der Waals surface area contributed by atoms with Gasteiger partial charge in [-0.05, 0) is 48.4 Å². The molecule has 1 heterocycles. The number of halogens is 2. The van der Waals surface area contributed by atoms with Gasteiger partial charge in [0.25, 0.3) is 5.91 Å². The molecule has 0 saturated carbocycles. The predicted octanol–water partition coefficient (Wildman–Crippen LogP) is 4.09. The fourth-order valence-corrected chi connectivity index (χ4v) is 3.17. The molecule has 1 saturated heterocycles. The molecule has 0 spiro atoms. The number of amides is 3. The third kappa shape index (κ3) is 4.17. The molecule has 28 heavy (non-hydrogen) atoms. The Kier molecular flexibility index (Phi) is 5.99. The van der Waals surface area contributed by atoms with Crippen LogP contribution in [0.3, 0.4) is 0 Å². The molecule has 2 aromatic carbocycles. The van der Waals surface area contributed by atoms with E-state index >= 15 is 0 Å². The van der Waals surface area contributed by atoms with Gasteiger partial charge >= 0.3 is 6.03 Å². The fraction of sp³-hybridized carbons (Fsp3) is 0.200. The minimum Gasteiger partial charge on any atom is -0.493 e. The Morgan fingerprint density at radius 2 is 2.00 bits per heavy atom. The van der Waals surface area contributed by atoms with E-state index < -0.39 is 6.03 Å². The third-order valence-electron chi connectivity index (χ3n) is 4.14. The van der Waals surface area contributed by atoms with Crippen LogP contribution in [0.2, 0.25) is 0 Å². The number of nitrogens with zero attached hydrogens (tertiary/aromatic N) is 1. The summed E-state index contributed by atoms with van der Waals surface area (Å²) < 4.78 is 25.1. The van der Waals surface area contributed by atoms with Crippen molar-refractivity contribution in [3.05, 3.63) is 63.5 Å². The van der Waals surface area contributed by atoms with E-state index in [0.29, 0.717) is 33.6 Å². The first-order valence-electron chi connectivity index (χ1n) is 8.52. The van der Waals surface area contributed by atoms with E-state index in [2.05, 4.69) is 21.2 Å². The third-order valence-corrected chi connectivity index (χ3v) is 4.83. The first-order chi connectivity index (χ1) is 13.4. The fourth-order valence-electron chi connectivity index (χ4n) is 2.74. The summed E-state index contributed by atoms with van der Waals surface area (Å²) in [5.74, 6) is 0.179. The molecular weight excluding hydrogens is 431 g/mol. The summed E-state index contributed by atoms with van der Waals surface area (Å²) >= 11 is 3.45. The molecule has 2 aromatic rings. The number of imide groups is 1. The smallest absolute Gasteiger partial charge is 0.328 e. The van der Waals surface area contributed by atoms with Crippen LogP contribution in [0.25, 0.3) is 6.08 Å². The zero-order chi connectivity index (χ0) is 20.3. The molecule has 8 heteroatoms. The summed E-state index contributed by atoms with van der Waals surface area (Å²) in [6, 6.07) is 9.08. The summed E-state index contributed by atoms with van der Waals surface area (Å²) in [7, 11) is 1.50. The molecule has 0 unspecified atom stereocenters. The van der Waals surface area contributed by atoms with Crippen molar-refractivity contribution >= 4 is 33.9 Å².